The predicted molar refractivity (Wildman–Crippen MR) is 72.5 cm³/mol. The van der Waals surface area contributed by atoms with Crippen molar-refractivity contribution in [2.24, 2.45) is 0 Å². The molecule has 1 saturated heterocycles. The van der Waals surface area contributed by atoms with Gasteiger partial charge in [0.1, 0.15) is 12.1 Å². The highest BCUT2D eigenvalue weighted by molar-refractivity contribution is 5.50. The SMILES string of the molecule is CCN(CC1CCCN1)c1cc2n[nH]c(=O)n2cn1. The summed E-state index contributed by atoms with van der Waals surface area (Å²) in [5.41, 5.74) is 0.349. The number of aromatic nitrogens is 4. The summed E-state index contributed by atoms with van der Waals surface area (Å²) in [7, 11) is 0. The monoisotopic (exact) mass is 262 g/mol. The molecule has 2 aromatic heterocycles. The maximum atomic E-state index is 11.4. The van der Waals surface area contributed by atoms with Gasteiger partial charge in [0.15, 0.2) is 5.65 Å². The van der Waals surface area contributed by atoms with Crippen molar-refractivity contribution in [3.63, 3.8) is 0 Å². The maximum Gasteiger partial charge on any atom is 0.348 e. The first-order chi connectivity index (χ1) is 9.28. The lowest BCUT2D eigenvalue weighted by atomic mass is 10.2. The number of H-pyrrole nitrogens is 1. The smallest absolute Gasteiger partial charge is 0.348 e. The molecule has 1 unspecified atom stereocenters. The molecule has 19 heavy (non-hydrogen) atoms. The molecule has 1 aliphatic heterocycles. The van der Waals surface area contributed by atoms with Crippen molar-refractivity contribution in [2.45, 2.75) is 25.8 Å². The van der Waals surface area contributed by atoms with Crippen molar-refractivity contribution in [1.29, 1.82) is 0 Å². The molecule has 1 aliphatic rings. The van der Waals surface area contributed by atoms with Gasteiger partial charge in [-0.15, -0.1) is 0 Å². The van der Waals surface area contributed by atoms with E-state index in [9.17, 15) is 4.79 Å². The van der Waals surface area contributed by atoms with Crippen molar-refractivity contribution < 1.29 is 0 Å². The van der Waals surface area contributed by atoms with Gasteiger partial charge >= 0.3 is 5.69 Å². The van der Waals surface area contributed by atoms with E-state index in [0.717, 1.165) is 25.5 Å². The highest BCUT2D eigenvalue weighted by atomic mass is 16.1. The molecule has 0 aromatic carbocycles. The molecule has 7 nitrogen and oxygen atoms in total. The molecule has 0 aliphatic carbocycles. The summed E-state index contributed by atoms with van der Waals surface area (Å²) in [4.78, 5) is 18.0. The van der Waals surface area contributed by atoms with Crippen molar-refractivity contribution in [2.75, 3.05) is 24.5 Å². The lowest BCUT2D eigenvalue weighted by Crippen LogP contribution is -2.38. The summed E-state index contributed by atoms with van der Waals surface area (Å²) in [5, 5.41) is 9.88. The van der Waals surface area contributed by atoms with E-state index in [1.165, 1.54) is 23.6 Å². The molecule has 2 N–H and O–H groups in total. The fourth-order valence-electron chi connectivity index (χ4n) is 2.54. The zero-order chi connectivity index (χ0) is 13.2. The van der Waals surface area contributed by atoms with Gasteiger partial charge in [-0.3, -0.25) is 0 Å². The molecule has 7 heteroatoms. The quantitative estimate of drug-likeness (QED) is 0.810. The van der Waals surface area contributed by atoms with Crippen LogP contribution in [0.2, 0.25) is 0 Å². The van der Waals surface area contributed by atoms with Crippen LogP contribution in [0.5, 0.6) is 0 Å². The molecular formula is C12H18N6O. The van der Waals surface area contributed by atoms with E-state index in [4.69, 9.17) is 0 Å². The first kappa shape index (κ1) is 12.2. The summed E-state index contributed by atoms with van der Waals surface area (Å²) in [6.45, 7) is 5.03. The predicted octanol–water partition coefficient (Wildman–Crippen LogP) is -0.00410. The van der Waals surface area contributed by atoms with Crippen LogP contribution in [0.3, 0.4) is 0 Å². The van der Waals surface area contributed by atoms with Crippen LogP contribution >= 0.6 is 0 Å². The Hall–Kier alpha value is -1.89. The summed E-state index contributed by atoms with van der Waals surface area (Å²) in [5.74, 6) is 0.864. The molecule has 3 heterocycles. The van der Waals surface area contributed by atoms with Crippen molar-refractivity contribution in [3.05, 3.63) is 22.9 Å². The second-order valence-corrected chi connectivity index (χ2v) is 4.84. The van der Waals surface area contributed by atoms with Crippen LogP contribution in [0.15, 0.2) is 17.2 Å². The van der Waals surface area contributed by atoms with E-state index < -0.39 is 0 Å². The van der Waals surface area contributed by atoms with Gasteiger partial charge in [0.05, 0.1) is 0 Å². The van der Waals surface area contributed by atoms with E-state index in [0.29, 0.717) is 11.7 Å². The molecular weight excluding hydrogens is 244 g/mol. The summed E-state index contributed by atoms with van der Waals surface area (Å²) in [6.07, 6.45) is 3.98. The second-order valence-electron chi connectivity index (χ2n) is 4.84. The Bertz CT molecular complexity index is 612. The maximum absolute atomic E-state index is 11.4. The lowest BCUT2D eigenvalue weighted by molar-refractivity contribution is 0.583. The highest BCUT2D eigenvalue weighted by Crippen LogP contribution is 2.14. The molecule has 0 bridgehead atoms. The van der Waals surface area contributed by atoms with Gasteiger partial charge in [0.25, 0.3) is 0 Å². The van der Waals surface area contributed by atoms with Crippen molar-refractivity contribution in [3.8, 4) is 0 Å². The van der Waals surface area contributed by atoms with E-state index in [2.05, 4.69) is 32.3 Å². The third-order valence-electron chi connectivity index (χ3n) is 3.60. The average Bonchev–Trinajstić information content (AvgIpc) is 3.06. The van der Waals surface area contributed by atoms with Crippen molar-refractivity contribution in [1.82, 2.24) is 24.9 Å². The van der Waals surface area contributed by atoms with Gasteiger partial charge in [0.2, 0.25) is 0 Å². The third kappa shape index (κ3) is 2.33. The van der Waals surface area contributed by atoms with Crippen LogP contribution in [0.4, 0.5) is 5.82 Å². The number of hydrogen-bond donors (Lipinski definition) is 2. The number of nitrogens with one attached hydrogen (secondary N) is 2. The zero-order valence-corrected chi connectivity index (χ0v) is 11.0. The number of hydrogen-bond acceptors (Lipinski definition) is 5. The largest absolute Gasteiger partial charge is 0.355 e. The average molecular weight is 262 g/mol. The summed E-state index contributed by atoms with van der Waals surface area (Å²) >= 11 is 0. The van der Waals surface area contributed by atoms with E-state index in [-0.39, 0.29) is 5.69 Å². The lowest BCUT2D eigenvalue weighted by Gasteiger charge is -2.25. The fraction of sp³-hybridized carbons (Fsp3) is 0.583. The highest BCUT2D eigenvalue weighted by Gasteiger charge is 2.18. The van der Waals surface area contributed by atoms with Gasteiger partial charge in [-0.2, -0.15) is 5.10 Å². The van der Waals surface area contributed by atoms with Crippen LogP contribution in [-0.2, 0) is 0 Å². The Balaban J connectivity index is 1.85. The molecule has 0 spiro atoms. The number of rotatable bonds is 4. The number of likely N-dealkylation sites (N-methyl/N-ethyl adjacent to an activating group) is 1. The number of fused-ring (bicyclic) bond motifs is 1. The van der Waals surface area contributed by atoms with Crippen LogP contribution in [0.1, 0.15) is 19.8 Å². The van der Waals surface area contributed by atoms with Crippen LogP contribution < -0.4 is 15.9 Å². The van der Waals surface area contributed by atoms with Crippen LogP contribution in [-0.4, -0.2) is 45.3 Å². The van der Waals surface area contributed by atoms with Crippen LogP contribution in [0, 0.1) is 0 Å². The molecule has 3 rings (SSSR count). The first-order valence-electron chi connectivity index (χ1n) is 6.69. The third-order valence-corrected chi connectivity index (χ3v) is 3.60. The Kier molecular flexibility index (Phi) is 3.20. The van der Waals surface area contributed by atoms with E-state index in [1.807, 2.05) is 6.07 Å². The van der Waals surface area contributed by atoms with Crippen LogP contribution in [0.25, 0.3) is 5.65 Å². The molecule has 0 saturated carbocycles. The molecule has 102 valence electrons. The van der Waals surface area contributed by atoms with Crippen molar-refractivity contribution >= 4 is 11.5 Å². The molecule has 2 aromatic rings. The molecule has 0 amide bonds. The number of nitrogens with zero attached hydrogens (tertiary/aromatic N) is 4. The Morgan fingerprint density at radius 3 is 3.21 bits per heavy atom. The molecule has 1 atom stereocenters. The topological polar surface area (TPSA) is 78.3 Å². The fourth-order valence-corrected chi connectivity index (χ4v) is 2.54. The van der Waals surface area contributed by atoms with Gasteiger partial charge in [-0.1, -0.05) is 0 Å². The Morgan fingerprint density at radius 1 is 1.58 bits per heavy atom. The summed E-state index contributed by atoms with van der Waals surface area (Å²) < 4.78 is 1.41. The van der Waals surface area contributed by atoms with E-state index >= 15 is 0 Å². The van der Waals surface area contributed by atoms with Gasteiger partial charge in [0, 0.05) is 25.2 Å². The minimum absolute atomic E-state index is 0.255. The van der Waals surface area contributed by atoms with Gasteiger partial charge in [-0.25, -0.2) is 19.3 Å². The molecule has 0 radical (unpaired) electrons. The Labute approximate surface area is 110 Å². The second kappa shape index (κ2) is 5.00. The minimum atomic E-state index is -0.255. The minimum Gasteiger partial charge on any atom is -0.355 e. The number of aromatic amines is 1. The standard InChI is InChI=1S/C12H18N6O/c1-2-17(7-9-4-3-5-13-9)10-6-11-15-16-12(19)18(11)8-14-10/h6,8-9,13H,2-5,7H2,1H3,(H,16,19). The Morgan fingerprint density at radius 2 is 2.47 bits per heavy atom. The first-order valence-corrected chi connectivity index (χ1v) is 6.69. The number of anilines is 1. The normalized spacial score (nSPS) is 19.1. The van der Waals surface area contributed by atoms with E-state index in [1.54, 1.807) is 0 Å². The zero-order valence-electron chi connectivity index (χ0n) is 11.0. The summed E-state index contributed by atoms with van der Waals surface area (Å²) in [6, 6.07) is 2.37. The molecule has 1 fully saturated rings. The van der Waals surface area contributed by atoms with Gasteiger partial charge in [-0.05, 0) is 26.3 Å². The van der Waals surface area contributed by atoms with Gasteiger partial charge < -0.3 is 10.2 Å².